The lowest BCUT2D eigenvalue weighted by molar-refractivity contribution is -0.254. The summed E-state index contributed by atoms with van der Waals surface area (Å²) >= 11 is 0. The van der Waals surface area contributed by atoms with Gasteiger partial charge in [0, 0.05) is 29.7 Å². The van der Waals surface area contributed by atoms with Crippen molar-refractivity contribution in [1.29, 1.82) is 0 Å². The molecule has 1 amide bonds. The lowest BCUT2D eigenvalue weighted by Gasteiger charge is -2.37. The number of amides is 1. The van der Waals surface area contributed by atoms with Crippen molar-refractivity contribution in [2.75, 3.05) is 11.9 Å². The highest BCUT2D eigenvalue weighted by atomic mass is 19.4. The lowest BCUT2D eigenvalue weighted by atomic mass is 9.73. The molecule has 0 radical (unpaired) electrons. The summed E-state index contributed by atoms with van der Waals surface area (Å²) in [6.45, 7) is 3.46. The Morgan fingerprint density at radius 1 is 1.12 bits per heavy atom. The largest absolute Gasteiger partial charge is 0.493 e. The van der Waals surface area contributed by atoms with Crippen LogP contribution in [0.25, 0.3) is 0 Å². The Morgan fingerprint density at radius 2 is 1.88 bits per heavy atom. The number of hydrogen-bond donors (Lipinski definition) is 2. The molecule has 2 N–H and O–H groups in total. The van der Waals surface area contributed by atoms with Crippen LogP contribution in [-0.4, -0.2) is 35.4 Å². The second-order valence-electron chi connectivity index (χ2n) is 8.71. The highest BCUT2D eigenvalue weighted by Crippen LogP contribution is 2.45. The minimum Gasteiger partial charge on any atom is -0.493 e. The zero-order valence-electron chi connectivity index (χ0n) is 17.5. The number of alkyl halides is 3. The fourth-order valence-electron chi connectivity index (χ4n) is 4.24. The molecule has 0 fully saturated rings. The van der Waals surface area contributed by atoms with Gasteiger partial charge in [-0.05, 0) is 29.2 Å². The van der Waals surface area contributed by atoms with Crippen molar-refractivity contribution < 1.29 is 37.3 Å². The second-order valence-corrected chi connectivity index (χ2v) is 8.71. The van der Waals surface area contributed by atoms with E-state index in [0.717, 1.165) is 5.56 Å². The van der Waals surface area contributed by atoms with Gasteiger partial charge in [-0.25, -0.2) is 4.79 Å². The van der Waals surface area contributed by atoms with Crippen molar-refractivity contribution in [3.63, 3.8) is 0 Å². The van der Waals surface area contributed by atoms with Crippen LogP contribution in [0, 0.1) is 0 Å². The third-order valence-corrected chi connectivity index (χ3v) is 5.93. The number of para-hydroxylation sites is 1. The highest BCUT2D eigenvalue weighted by molar-refractivity contribution is 5.99. The van der Waals surface area contributed by atoms with Gasteiger partial charge in [0.05, 0.1) is 12.2 Å². The molecule has 0 spiro atoms. The Balaban J connectivity index is 1.63. The van der Waals surface area contributed by atoms with Gasteiger partial charge in [0.1, 0.15) is 12.4 Å². The number of benzene rings is 2. The number of nitrogens with one attached hydrogen (secondary N) is 1. The Bertz CT molecular complexity index is 1100. The van der Waals surface area contributed by atoms with Gasteiger partial charge in [0.2, 0.25) is 5.60 Å². The van der Waals surface area contributed by atoms with E-state index >= 15 is 0 Å². The minimum atomic E-state index is -5.23. The Morgan fingerprint density at radius 3 is 2.59 bits per heavy atom. The number of carbonyl (C=O) groups excluding carboxylic acids is 2. The molecule has 0 bridgehead atoms. The molecule has 9 heteroatoms. The number of anilines is 1. The van der Waals surface area contributed by atoms with E-state index in [4.69, 9.17) is 9.47 Å². The predicted octanol–water partition coefficient (Wildman–Crippen LogP) is 3.89. The molecule has 2 aliphatic rings. The molecule has 0 aliphatic carbocycles. The van der Waals surface area contributed by atoms with Crippen LogP contribution < -0.4 is 10.1 Å². The summed E-state index contributed by atoms with van der Waals surface area (Å²) in [4.78, 5) is 24.3. The second kappa shape index (κ2) is 7.51. The van der Waals surface area contributed by atoms with Gasteiger partial charge >= 0.3 is 12.1 Å². The summed E-state index contributed by atoms with van der Waals surface area (Å²) in [5, 5.41) is 12.9. The van der Waals surface area contributed by atoms with Gasteiger partial charge in [-0.2, -0.15) is 13.2 Å². The lowest BCUT2D eigenvalue weighted by Crippen LogP contribution is -2.57. The van der Waals surface area contributed by atoms with E-state index in [1.807, 2.05) is 6.07 Å². The van der Waals surface area contributed by atoms with Crippen molar-refractivity contribution in [1.82, 2.24) is 0 Å². The van der Waals surface area contributed by atoms with E-state index in [9.17, 15) is 27.9 Å². The zero-order chi connectivity index (χ0) is 23.3. The molecule has 0 saturated heterocycles. The molecule has 4 rings (SSSR count). The standard InChI is InChI=1S/C23H22F3NO5/c1-21(2,17-5-3-4-13-8-9-31-18(13)17)12-22(30,23(24,25)26)20(29)27-15-6-7-16-14(10-15)11-32-19(16)28/h3-7,10,30H,8-9,11-12H2,1-2H3,(H,27,29). The van der Waals surface area contributed by atoms with E-state index in [1.165, 1.54) is 32.0 Å². The van der Waals surface area contributed by atoms with Gasteiger partial charge < -0.3 is 19.9 Å². The maximum Gasteiger partial charge on any atom is 0.426 e. The van der Waals surface area contributed by atoms with Crippen molar-refractivity contribution >= 4 is 17.6 Å². The highest BCUT2D eigenvalue weighted by Gasteiger charge is 2.61. The van der Waals surface area contributed by atoms with E-state index in [-0.39, 0.29) is 17.9 Å². The van der Waals surface area contributed by atoms with Crippen LogP contribution in [0.15, 0.2) is 36.4 Å². The molecule has 2 heterocycles. The first-order chi connectivity index (χ1) is 14.9. The van der Waals surface area contributed by atoms with Gasteiger partial charge in [-0.1, -0.05) is 32.0 Å². The maximum atomic E-state index is 14.0. The number of aliphatic hydroxyl groups is 1. The van der Waals surface area contributed by atoms with Gasteiger partial charge in [-0.15, -0.1) is 0 Å². The molecule has 2 aliphatic heterocycles. The molecule has 170 valence electrons. The third kappa shape index (κ3) is 3.70. The molecule has 2 aromatic rings. The number of fused-ring (bicyclic) bond motifs is 2. The van der Waals surface area contributed by atoms with Crippen molar-refractivity contribution in [2.45, 2.75) is 50.5 Å². The number of rotatable bonds is 5. The van der Waals surface area contributed by atoms with Crippen LogP contribution in [0.5, 0.6) is 5.75 Å². The number of halogens is 3. The molecule has 0 saturated carbocycles. The first-order valence-electron chi connectivity index (χ1n) is 10.1. The Kier molecular flexibility index (Phi) is 5.20. The van der Waals surface area contributed by atoms with E-state index in [0.29, 0.717) is 29.9 Å². The topological polar surface area (TPSA) is 84.9 Å². The van der Waals surface area contributed by atoms with Crippen LogP contribution >= 0.6 is 0 Å². The zero-order valence-corrected chi connectivity index (χ0v) is 17.5. The molecule has 32 heavy (non-hydrogen) atoms. The van der Waals surface area contributed by atoms with Crippen LogP contribution in [0.1, 0.15) is 47.3 Å². The molecule has 1 unspecified atom stereocenters. The van der Waals surface area contributed by atoms with Crippen molar-refractivity contribution in [3.05, 3.63) is 58.7 Å². The van der Waals surface area contributed by atoms with Crippen molar-refractivity contribution in [2.24, 2.45) is 0 Å². The SMILES string of the molecule is CC(C)(CC(O)(C(=O)Nc1ccc2c(c1)COC2=O)C(F)(F)F)c1cccc2c1OCC2. The fraction of sp³-hybridized carbons (Fsp3) is 0.391. The van der Waals surface area contributed by atoms with Gasteiger partial charge in [0.15, 0.2) is 0 Å². The average molecular weight is 449 g/mol. The van der Waals surface area contributed by atoms with Crippen LogP contribution in [0.3, 0.4) is 0 Å². The quantitative estimate of drug-likeness (QED) is 0.677. The Labute approximate surface area is 182 Å². The molecular weight excluding hydrogens is 427 g/mol. The molecule has 2 aromatic carbocycles. The van der Waals surface area contributed by atoms with Crippen LogP contribution in [0.2, 0.25) is 0 Å². The summed E-state index contributed by atoms with van der Waals surface area (Å²) in [5.74, 6) is -1.63. The predicted molar refractivity (Wildman–Crippen MR) is 108 cm³/mol. The van der Waals surface area contributed by atoms with E-state index in [1.54, 1.807) is 12.1 Å². The fourth-order valence-corrected chi connectivity index (χ4v) is 4.24. The number of ether oxygens (including phenoxy) is 2. The average Bonchev–Trinajstić information content (AvgIpc) is 3.33. The first kappa shape index (κ1) is 22.1. The first-order valence-corrected chi connectivity index (χ1v) is 10.1. The molecule has 1 atom stereocenters. The third-order valence-electron chi connectivity index (χ3n) is 5.93. The number of carbonyl (C=O) groups is 2. The minimum absolute atomic E-state index is 0.0245. The van der Waals surface area contributed by atoms with Crippen molar-refractivity contribution in [3.8, 4) is 5.75 Å². The number of cyclic esters (lactones) is 1. The molecule has 6 nitrogen and oxygen atoms in total. The molecular formula is C23H22F3NO5. The smallest absolute Gasteiger partial charge is 0.426 e. The van der Waals surface area contributed by atoms with Crippen LogP contribution in [-0.2, 0) is 28.0 Å². The summed E-state index contributed by atoms with van der Waals surface area (Å²) in [6.07, 6.45) is -5.50. The number of esters is 1. The van der Waals surface area contributed by atoms with Gasteiger partial charge in [0.25, 0.3) is 5.91 Å². The summed E-state index contributed by atoms with van der Waals surface area (Å²) in [7, 11) is 0. The van der Waals surface area contributed by atoms with Crippen LogP contribution in [0.4, 0.5) is 18.9 Å². The van der Waals surface area contributed by atoms with E-state index in [2.05, 4.69) is 5.32 Å². The summed E-state index contributed by atoms with van der Waals surface area (Å²) in [5.41, 5.74) is -2.77. The van der Waals surface area contributed by atoms with E-state index < -0.39 is 35.5 Å². The number of hydrogen-bond acceptors (Lipinski definition) is 5. The molecule has 0 aromatic heterocycles. The van der Waals surface area contributed by atoms with Gasteiger partial charge in [-0.3, -0.25) is 4.79 Å². The summed E-state index contributed by atoms with van der Waals surface area (Å²) < 4.78 is 52.6. The maximum absolute atomic E-state index is 14.0. The Hall–Kier alpha value is -3.07. The summed E-state index contributed by atoms with van der Waals surface area (Å²) in [6, 6.07) is 9.23. The normalized spacial score (nSPS) is 17.1. The monoisotopic (exact) mass is 449 g/mol.